The number of halogens is 2. The Balaban J connectivity index is 1.33. The highest BCUT2D eigenvalue weighted by Crippen LogP contribution is 2.31. The van der Waals surface area contributed by atoms with E-state index in [0.29, 0.717) is 11.3 Å². The normalized spacial score (nSPS) is 16.8. The SMILES string of the molecule is O=C1CN(C(C(=O)N2Cc3cn(S(=O)(=O)c4ccc(OC(F)F)cc4)nc3C2)c2ccccc2)C1. The van der Waals surface area contributed by atoms with Crippen LogP contribution in [0.25, 0.3) is 0 Å². The topological polar surface area (TPSA) is 102 Å². The summed E-state index contributed by atoms with van der Waals surface area (Å²) in [6, 6.07) is 13.2. The molecule has 1 unspecified atom stereocenters. The van der Waals surface area contributed by atoms with Crippen molar-refractivity contribution >= 4 is 21.7 Å². The van der Waals surface area contributed by atoms with Crippen LogP contribution in [0.15, 0.2) is 65.7 Å². The highest BCUT2D eigenvalue weighted by atomic mass is 32.2. The van der Waals surface area contributed by atoms with Crippen LogP contribution in [0.2, 0.25) is 0 Å². The third kappa shape index (κ3) is 4.42. The van der Waals surface area contributed by atoms with E-state index in [1.54, 1.807) is 4.90 Å². The Labute approximate surface area is 199 Å². The maximum absolute atomic E-state index is 13.4. The molecule has 0 bridgehead atoms. The summed E-state index contributed by atoms with van der Waals surface area (Å²) >= 11 is 0. The van der Waals surface area contributed by atoms with Crippen molar-refractivity contribution in [3.05, 3.63) is 77.6 Å². The number of benzene rings is 2. The zero-order chi connectivity index (χ0) is 24.7. The average Bonchev–Trinajstić information content (AvgIpc) is 3.39. The third-order valence-electron chi connectivity index (χ3n) is 5.94. The number of nitrogens with zero attached hydrogens (tertiary/aromatic N) is 4. The fourth-order valence-electron chi connectivity index (χ4n) is 4.21. The summed E-state index contributed by atoms with van der Waals surface area (Å²) < 4.78 is 55.6. The molecule has 1 atom stereocenters. The Morgan fingerprint density at radius 3 is 2.26 bits per heavy atom. The molecule has 3 heterocycles. The maximum atomic E-state index is 13.4. The van der Waals surface area contributed by atoms with Gasteiger partial charge in [0.15, 0.2) is 5.78 Å². The summed E-state index contributed by atoms with van der Waals surface area (Å²) in [5, 5.41) is 4.18. The van der Waals surface area contributed by atoms with E-state index in [1.807, 2.05) is 35.2 Å². The molecule has 12 heteroatoms. The molecule has 182 valence electrons. The van der Waals surface area contributed by atoms with Gasteiger partial charge in [-0.25, -0.2) is 0 Å². The first-order chi connectivity index (χ1) is 16.7. The van der Waals surface area contributed by atoms with Gasteiger partial charge in [0.1, 0.15) is 11.8 Å². The zero-order valence-corrected chi connectivity index (χ0v) is 19.1. The van der Waals surface area contributed by atoms with E-state index in [4.69, 9.17) is 0 Å². The number of fused-ring (bicyclic) bond motifs is 1. The van der Waals surface area contributed by atoms with Crippen molar-refractivity contribution in [1.29, 1.82) is 0 Å². The molecule has 1 amide bonds. The molecule has 3 aromatic rings. The number of Topliss-reactive ketones (excluding diaryl/α,β-unsaturated/α-hetero) is 1. The van der Waals surface area contributed by atoms with Crippen LogP contribution in [0.5, 0.6) is 5.75 Å². The van der Waals surface area contributed by atoms with Crippen LogP contribution in [-0.4, -0.2) is 58.8 Å². The van der Waals surface area contributed by atoms with Crippen LogP contribution in [-0.2, 0) is 32.7 Å². The van der Waals surface area contributed by atoms with E-state index in [1.165, 1.54) is 6.20 Å². The standard InChI is InChI=1S/C23H20F2N4O5S/c24-23(25)34-18-6-8-19(9-7-18)35(32,33)29-11-16-10-28(14-20(16)26-29)22(31)21(27-12-17(30)13-27)15-4-2-1-3-5-15/h1-9,11,21,23H,10,12-14H2. The molecule has 5 rings (SSSR count). The highest BCUT2D eigenvalue weighted by Gasteiger charge is 2.40. The predicted molar refractivity (Wildman–Crippen MR) is 118 cm³/mol. The number of hydrogen-bond donors (Lipinski definition) is 0. The van der Waals surface area contributed by atoms with E-state index < -0.39 is 22.7 Å². The van der Waals surface area contributed by atoms with Crippen molar-refractivity contribution in [1.82, 2.24) is 19.0 Å². The monoisotopic (exact) mass is 502 g/mol. The van der Waals surface area contributed by atoms with Crippen molar-refractivity contribution in [3.63, 3.8) is 0 Å². The lowest BCUT2D eigenvalue weighted by Crippen LogP contribution is -2.53. The number of ether oxygens (including phenoxy) is 1. The van der Waals surface area contributed by atoms with Gasteiger partial charge in [-0.2, -0.15) is 26.4 Å². The van der Waals surface area contributed by atoms with Crippen LogP contribution in [0.4, 0.5) is 8.78 Å². The molecule has 2 aliphatic rings. The zero-order valence-electron chi connectivity index (χ0n) is 18.3. The van der Waals surface area contributed by atoms with Crippen LogP contribution >= 0.6 is 0 Å². The summed E-state index contributed by atoms with van der Waals surface area (Å²) in [5.74, 6) is -0.280. The Kier molecular flexibility index (Phi) is 5.85. The minimum Gasteiger partial charge on any atom is -0.435 e. The summed E-state index contributed by atoms with van der Waals surface area (Å²) in [6.07, 6.45) is 1.35. The second-order valence-corrected chi connectivity index (χ2v) is 10.1. The lowest BCUT2D eigenvalue weighted by Gasteiger charge is -2.38. The number of carbonyl (C=O) groups excluding carboxylic acids is 2. The average molecular weight is 502 g/mol. The number of ketones is 1. The first kappa shape index (κ1) is 23.1. The van der Waals surface area contributed by atoms with Crippen LogP contribution in [0, 0.1) is 0 Å². The first-order valence-electron chi connectivity index (χ1n) is 10.7. The third-order valence-corrected chi connectivity index (χ3v) is 7.48. The fourth-order valence-corrected chi connectivity index (χ4v) is 5.38. The smallest absolute Gasteiger partial charge is 0.387 e. The highest BCUT2D eigenvalue weighted by molar-refractivity contribution is 7.89. The molecule has 1 fully saturated rings. The van der Waals surface area contributed by atoms with Gasteiger partial charge >= 0.3 is 6.61 Å². The van der Waals surface area contributed by atoms with Gasteiger partial charge in [0.2, 0.25) is 5.91 Å². The number of aromatic nitrogens is 2. The molecule has 0 saturated carbocycles. The Hall–Kier alpha value is -3.64. The molecule has 35 heavy (non-hydrogen) atoms. The predicted octanol–water partition coefficient (Wildman–Crippen LogP) is 2.19. The first-order valence-corrected chi connectivity index (χ1v) is 12.1. The minimum absolute atomic E-state index is 0.0683. The lowest BCUT2D eigenvalue weighted by molar-refractivity contribution is -0.144. The van der Waals surface area contributed by atoms with Gasteiger partial charge in [-0.3, -0.25) is 14.5 Å². The summed E-state index contributed by atoms with van der Waals surface area (Å²) in [7, 11) is -4.06. The number of likely N-dealkylation sites (tertiary alicyclic amines) is 1. The van der Waals surface area contributed by atoms with Gasteiger partial charge in [-0.05, 0) is 29.8 Å². The van der Waals surface area contributed by atoms with Gasteiger partial charge in [0.05, 0.1) is 30.2 Å². The molecular weight excluding hydrogens is 482 g/mol. The van der Waals surface area contributed by atoms with Gasteiger partial charge < -0.3 is 9.64 Å². The molecule has 2 aromatic carbocycles. The molecular formula is C23H20F2N4O5S. The minimum atomic E-state index is -4.06. The molecule has 0 aliphatic carbocycles. The van der Waals surface area contributed by atoms with Crippen molar-refractivity contribution in [2.24, 2.45) is 0 Å². The van der Waals surface area contributed by atoms with Crippen LogP contribution < -0.4 is 4.74 Å². The van der Waals surface area contributed by atoms with E-state index >= 15 is 0 Å². The largest absolute Gasteiger partial charge is 0.435 e. The number of rotatable bonds is 7. The lowest BCUT2D eigenvalue weighted by atomic mass is 10.00. The fraction of sp³-hybridized carbons (Fsp3) is 0.261. The number of carbonyl (C=O) groups is 2. The van der Waals surface area contributed by atoms with Gasteiger partial charge in [0.25, 0.3) is 10.0 Å². The number of alkyl halides is 2. The Bertz CT molecular complexity index is 1350. The van der Waals surface area contributed by atoms with Crippen molar-refractivity contribution in [2.45, 2.75) is 30.6 Å². The number of amides is 1. The number of hydrogen-bond acceptors (Lipinski definition) is 7. The Morgan fingerprint density at radius 2 is 1.66 bits per heavy atom. The second kappa shape index (κ2) is 8.86. The Morgan fingerprint density at radius 1 is 0.971 bits per heavy atom. The van der Waals surface area contributed by atoms with Crippen LogP contribution in [0.1, 0.15) is 22.9 Å². The van der Waals surface area contributed by atoms with Crippen molar-refractivity contribution < 1.29 is 31.5 Å². The van der Waals surface area contributed by atoms with E-state index in [2.05, 4.69) is 9.84 Å². The van der Waals surface area contributed by atoms with Crippen molar-refractivity contribution in [2.75, 3.05) is 13.1 Å². The molecule has 0 radical (unpaired) electrons. The molecule has 1 saturated heterocycles. The van der Waals surface area contributed by atoms with E-state index in [0.717, 1.165) is 33.9 Å². The van der Waals surface area contributed by atoms with Gasteiger partial charge in [0, 0.05) is 18.3 Å². The van der Waals surface area contributed by atoms with E-state index in [9.17, 15) is 26.8 Å². The maximum Gasteiger partial charge on any atom is 0.387 e. The molecule has 9 nitrogen and oxygen atoms in total. The van der Waals surface area contributed by atoms with Crippen LogP contribution in [0.3, 0.4) is 0 Å². The summed E-state index contributed by atoms with van der Waals surface area (Å²) in [5.41, 5.74) is 1.82. The summed E-state index contributed by atoms with van der Waals surface area (Å²) in [6.45, 7) is -2.30. The van der Waals surface area contributed by atoms with Gasteiger partial charge in [-0.15, -0.1) is 0 Å². The summed E-state index contributed by atoms with van der Waals surface area (Å²) in [4.78, 5) is 28.2. The molecule has 0 N–H and O–H groups in total. The van der Waals surface area contributed by atoms with Crippen molar-refractivity contribution in [3.8, 4) is 5.75 Å². The molecule has 0 spiro atoms. The molecule has 2 aliphatic heterocycles. The van der Waals surface area contributed by atoms with E-state index in [-0.39, 0.29) is 48.5 Å². The second-order valence-electron chi connectivity index (χ2n) is 8.28. The molecule has 1 aromatic heterocycles. The van der Waals surface area contributed by atoms with Gasteiger partial charge in [-0.1, -0.05) is 30.3 Å². The quantitative estimate of drug-likeness (QED) is 0.488.